The van der Waals surface area contributed by atoms with Gasteiger partial charge in [0.1, 0.15) is 12.8 Å². The molecule has 0 radical (unpaired) electrons. The highest BCUT2D eigenvalue weighted by Gasteiger charge is 1.89. The van der Waals surface area contributed by atoms with E-state index < -0.39 is 12.8 Å². The summed E-state index contributed by atoms with van der Waals surface area (Å²) in [5.41, 5.74) is 0. The molecule has 0 aromatic heterocycles. The number of allylic oxidation sites excluding steroid dienone is 2. The zero-order valence-corrected chi connectivity index (χ0v) is 8.16. The van der Waals surface area contributed by atoms with Gasteiger partial charge in [0.05, 0.1) is 12.2 Å². The van der Waals surface area contributed by atoms with Crippen LogP contribution in [-0.2, 0) is 0 Å². The number of hydrogen-bond acceptors (Lipinski definition) is 0. The van der Waals surface area contributed by atoms with Crippen LogP contribution in [0.15, 0.2) is 24.8 Å². The maximum Gasteiger partial charge on any atom is 0.126 e. The predicted molar refractivity (Wildman–Crippen MR) is 48.4 cm³/mol. The van der Waals surface area contributed by atoms with Crippen LogP contribution >= 0.6 is 0 Å². The van der Waals surface area contributed by atoms with E-state index in [2.05, 4.69) is 6.58 Å². The summed E-state index contributed by atoms with van der Waals surface area (Å²) >= 11 is 0. The first-order chi connectivity index (χ1) is 5.92. The van der Waals surface area contributed by atoms with Gasteiger partial charge in [-0.2, -0.15) is 0 Å². The van der Waals surface area contributed by atoms with Crippen LogP contribution in [0.25, 0.3) is 0 Å². The number of alkyl halides is 2. The lowest BCUT2D eigenvalue weighted by Gasteiger charge is -1.83. The van der Waals surface area contributed by atoms with Gasteiger partial charge < -0.3 is 0 Å². The minimum absolute atomic E-state index is 0.333. The van der Waals surface area contributed by atoms with Gasteiger partial charge in [0.25, 0.3) is 0 Å². The summed E-state index contributed by atoms with van der Waals surface area (Å²) in [6, 6.07) is 0. The zero-order valence-electron chi connectivity index (χ0n) is 8.16. The summed E-state index contributed by atoms with van der Waals surface area (Å²) in [7, 11) is 0. The highest BCUT2D eigenvalue weighted by atomic mass is 19.2. The molecule has 0 aromatic carbocycles. The Labute approximate surface area is 77.0 Å². The van der Waals surface area contributed by atoms with E-state index in [0.29, 0.717) is 6.33 Å². The fourth-order valence-electron chi connectivity index (χ4n) is 0. The van der Waals surface area contributed by atoms with Gasteiger partial charge in [-0.1, -0.05) is 12.7 Å². The fourth-order valence-corrected chi connectivity index (χ4v) is 0. The quantitative estimate of drug-likeness (QED) is 0.554. The molecule has 0 saturated heterocycles. The lowest BCUT2D eigenvalue weighted by atomic mass is 10.5. The molecule has 1 unspecified atom stereocenters. The molecule has 0 bridgehead atoms. The first-order valence-electron chi connectivity index (χ1n) is 3.64. The molecule has 13 heavy (non-hydrogen) atoms. The number of hydrogen-bond donors (Lipinski definition) is 0. The van der Waals surface area contributed by atoms with Crippen molar-refractivity contribution < 1.29 is 17.6 Å². The van der Waals surface area contributed by atoms with Gasteiger partial charge in [-0.3, -0.25) is 0 Å². The van der Waals surface area contributed by atoms with Crippen molar-refractivity contribution in [3.8, 4) is 0 Å². The second kappa shape index (κ2) is 17.3. The van der Waals surface area contributed by atoms with E-state index in [9.17, 15) is 17.6 Å². The van der Waals surface area contributed by atoms with E-state index in [1.165, 1.54) is 19.9 Å². The van der Waals surface area contributed by atoms with Crippen molar-refractivity contribution in [3.63, 3.8) is 0 Å². The third-order valence-electron chi connectivity index (χ3n) is 0.339. The second-order valence-corrected chi connectivity index (χ2v) is 2.07. The van der Waals surface area contributed by atoms with Crippen LogP contribution in [0, 0.1) is 0 Å². The average molecular weight is 200 g/mol. The maximum absolute atomic E-state index is 11.1. The van der Waals surface area contributed by atoms with E-state index in [1.54, 1.807) is 6.92 Å². The van der Waals surface area contributed by atoms with Crippen molar-refractivity contribution in [3.05, 3.63) is 24.8 Å². The highest BCUT2D eigenvalue weighted by molar-refractivity contribution is 4.68. The summed E-state index contributed by atoms with van der Waals surface area (Å²) in [4.78, 5) is 0. The minimum Gasteiger partial charge on any atom is -0.248 e. The van der Waals surface area contributed by atoms with Crippen LogP contribution in [-0.4, -0.2) is 12.8 Å². The molecule has 0 heterocycles. The summed E-state index contributed by atoms with van der Waals surface area (Å²) in [5.74, 6) is -0.333. The zero-order chi connectivity index (χ0) is 11.3. The molecule has 0 saturated carbocycles. The van der Waals surface area contributed by atoms with Crippen molar-refractivity contribution in [2.45, 2.75) is 26.9 Å². The molecule has 0 N–H and O–H groups in total. The van der Waals surface area contributed by atoms with Gasteiger partial charge in [0, 0.05) is 0 Å². The molecule has 0 nitrogen and oxygen atoms in total. The number of rotatable bonds is 1. The van der Waals surface area contributed by atoms with Crippen molar-refractivity contribution in [2.24, 2.45) is 0 Å². The van der Waals surface area contributed by atoms with Crippen LogP contribution in [0.1, 0.15) is 20.8 Å². The van der Waals surface area contributed by atoms with E-state index >= 15 is 0 Å². The van der Waals surface area contributed by atoms with Gasteiger partial charge in [-0.25, -0.2) is 17.6 Å². The summed E-state index contributed by atoms with van der Waals surface area (Å²) in [6.07, 6.45) is 0.551. The van der Waals surface area contributed by atoms with E-state index in [1.807, 2.05) is 0 Å². The predicted octanol–water partition coefficient (Wildman–Crippen LogP) is 4.29. The third kappa shape index (κ3) is 196. The lowest BCUT2D eigenvalue weighted by Crippen LogP contribution is -1.91. The monoisotopic (exact) mass is 200 g/mol. The second-order valence-electron chi connectivity index (χ2n) is 2.07. The minimum atomic E-state index is -1.28. The molecular weight excluding hydrogens is 184 g/mol. The molecule has 0 aromatic rings. The smallest absolute Gasteiger partial charge is 0.126 e. The largest absolute Gasteiger partial charge is 0.248 e. The van der Waals surface area contributed by atoms with Gasteiger partial charge in [0.2, 0.25) is 0 Å². The Balaban J connectivity index is -0.000000117. The Morgan fingerprint density at radius 1 is 1.54 bits per heavy atom. The highest BCUT2D eigenvalue weighted by Crippen LogP contribution is 1.84. The van der Waals surface area contributed by atoms with Crippen LogP contribution in [0.4, 0.5) is 17.6 Å². The maximum atomic E-state index is 11.1. The van der Waals surface area contributed by atoms with Crippen molar-refractivity contribution >= 4 is 0 Å². The first-order valence-corrected chi connectivity index (χ1v) is 3.64. The van der Waals surface area contributed by atoms with Gasteiger partial charge >= 0.3 is 0 Å². The average Bonchev–Trinajstić information content (AvgIpc) is 2.04. The van der Waals surface area contributed by atoms with Gasteiger partial charge in [-0.15, -0.1) is 0 Å². The Morgan fingerprint density at radius 2 is 1.69 bits per heavy atom. The van der Waals surface area contributed by atoms with E-state index in [0.717, 1.165) is 0 Å². The molecule has 0 aliphatic carbocycles. The normalized spacial score (nSPS) is 10.7. The summed E-state index contributed by atoms with van der Waals surface area (Å²) < 4.78 is 43.1. The molecule has 0 amide bonds. The lowest BCUT2D eigenvalue weighted by molar-refractivity contribution is 0.281. The van der Waals surface area contributed by atoms with Crippen molar-refractivity contribution in [1.29, 1.82) is 0 Å². The number of halogens is 4. The van der Waals surface area contributed by atoms with Gasteiger partial charge in [-0.05, 0) is 20.8 Å². The Hall–Kier alpha value is -0.800. The Kier molecular flexibility index (Phi) is 24.1. The summed E-state index contributed by atoms with van der Waals surface area (Å²) in [5, 5.41) is 0. The standard InChI is InChI=1S/C3H6F2.2C3H5F/c1-3(5)2-4;1-3(2)4;1-2-3-4/h3H,2H2,1H3;1H2,2H3;2-3H,1H3. The molecule has 0 aliphatic rings. The van der Waals surface area contributed by atoms with Crippen LogP contribution < -0.4 is 0 Å². The molecule has 0 spiro atoms. The molecule has 4 heteroatoms. The van der Waals surface area contributed by atoms with Crippen LogP contribution in [0.5, 0.6) is 0 Å². The molecule has 80 valence electrons. The van der Waals surface area contributed by atoms with Crippen molar-refractivity contribution in [1.82, 2.24) is 0 Å². The Morgan fingerprint density at radius 3 is 1.69 bits per heavy atom. The van der Waals surface area contributed by atoms with Gasteiger partial charge in [0.15, 0.2) is 0 Å². The topological polar surface area (TPSA) is 0 Å². The molecule has 1 atom stereocenters. The van der Waals surface area contributed by atoms with Crippen LogP contribution in [0.2, 0.25) is 0 Å². The van der Waals surface area contributed by atoms with Crippen molar-refractivity contribution in [2.75, 3.05) is 6.67 Å². The SMILES string of the molecule is C=C(C)F.CC(F)CF.CC=CF. The Bertz CT molecular complexity index is 111. The van der Waals surface area contributed by atoms with Crippen LogP contribution in [0.3, 0.4) is 0 Å². The summed E-state index contributed by atoms with van der Waals surface area (Å²) in [6.45, 7) is 6.14. The molecule has 0 fully saturated rings. The van der Waals surface area contributed by atoms with E-state index in [-0.39, 0.29) is 5.83 Å². The molecule has 0 rings (SSSR count). The molecular formula is C9H16F4. The third-order valence-corrected chi connectivity index (χ3v) is 0.339. The first kappa shape index (κ1) is 18.1. The fraction of sp³-hybridized carbons (Fsp3) is 0.556. The molecule has 0 aliphatic heterocycles. The van der Waals surface area contributed by atoms with E-state index in [4.69, 9.17) is 0 Å².